The Bertz CT molecular complexity index is 1120. The molecule has 2 heterocycles. The predicted octanol–water partition coefficient (Wildman–Crippen LogP) is 5.08. The van der Waals surface area contributed by atoms with Gasteiger partial charge in [-0.1, -0.05) is 37.1 Å². The Hall–Kier alpha value is -3.65. The summed E-state index contributed by atoms with van der Waals surface area (Å²) >= 11 is 0. The van der Waals surface area contributed by atoms with Gasteiger partial charge in [0.15, 0.2) is 0 Å². The number of hydrogen-bond acceptors (Lipinski definition) is 4. The van der Waals surface area contributed by atoms with Gasteiger partial charge in [-0.05, 0) is 66.3 Å². The Morgan fingerprint density at radius 3 is 2.16 bits per heavy atom. The van der Waals surface area contributed by atoms with E-state index in [4.69, 9.17) is 16.0 Å². The molecular weight excluding hydrogens is 384 g/mol. The molecule has 0 radical (unpaired) electrons. The zero-order valence-corrected chi connectivity index (χ0v) is 17.8. The second-order valence-electron chi connectivity index (χ2n) is 8.02. The monoisotopic (exact) mass is 410 g/mol. The maximum Gasteiger partial charge on any atom is 0.249 e. The standard InChI is InChI=1S/C26H26N4O/c1-18-22(20-8-6-19(16-27)7-9-20)11-12-23(25(18)26(28)31)21-10-13-24(29-17-21)30-14-4-2-3-5-15-30/h6-13,17H,2-5,14-15H2,1H3,(H2,28,31). The fraction of sp³-hybridized carbons (Fsp3) is 0.269. The van der Waals surface area contributed by atoms with Crippen molar-refractivity contribution >= 4 is 11.7 Å². The third kappa shape index (κ3) is 4.29. The van der Waals surface area contributed by atoms with Gasteiger partial charge in [-0.15, -0.1) is 0 Å². The molecular formula is C26H26N4O. The predicted molar refractivity (Wildman–Crippen MR) is 124 cm³/mol. The Kier molecular flexibility index (Phi) is 5.99. The van der Waals surface area contributed by atoms with Gasteiger partial charge >= 0.3 is 0 Å². The fourth-order valence-corrected chi connectivity index (χ4v) is 4.34. The number of nitrogens with two attached hydrogens (primary N) is 1. The van der Waals surface area contributed by atoms with E-state index in [1.807, 2.05) is 49.5 Å². The number of aromatic nitrogens is 1. The molecule has 1 saturated heterocycles. The summed E-state index contributed by atoms with van der Waals surface area (Å²) < 4.78 is 0. The molecule has 4 rings (SSSR count). The number of primary amides is 1. The van der Waals surface area contributed by atoms with E-state index >= 15 is 0 Å². The van der Waals surface area contributed by atoms with E-state index in [0.29, 0.717) is 11.1 Å². The smallest absolute Gasteiger partial charge is 0.249 e. The zero-order chi connectivity index (χ0) is 21.8. The minimum Gasteiger partial charge on any atom is -0.366 e. The van der Waals surface area contributed by atoms with Crippen LogP contribution in [-0.4, -0.2) is 24.0 Å². The van der Waals surface area contributed by atoms with Crippen LogP contribution >= 0.6 is 0 Å². The van der Waals surface area contributed by atoms with Crippen LogP contribution in [0.3, 0.4) is 0 Å². The second kappa shape index (κ2) is 9.01. The van der Waals surface area contributed by atoms with Crippen molar-refractivity contribution in [2.24, 2.45) is 5.73 Å². The van der Waals surface area contributed by atoms with E-state index in [1.54, 1.807) is 12.1 Å². The highest BCUT2D eigenvalue weighted by Gasteiger charge is 2.18. The van der Waals surface area contributed by atoms with Gasteiger partial charge in [-0.3, -0.25) is 4.79 Å². The minimum atomic E-state index is -0.459. The largest absolute Gasteiger partial charge is 0.366 e. The topological polar surface area (TPSA) is 83.0 Å². The molecule has 0 bridgehead atoms. The molecule has 5 nitrogen and oxygen atoms in total. The molecule has 1 amide bonds. The van der Waals surface area contributed by atoms with E-state index in [0.717, 1.165) is 46.7 Å². The molecule has 0 atom stereocenters. The average Bonchev–Trinajstić information content (AvgIpc) is 3.08. The van der Waals surface area contributed by atoms with Crippen LogP contribution in [0, 0.1) is 18.3 Å². The van der Waals surface area contributed by atoms with Crippen molar-refractivity contribution in [3.05, 3.63) is 71.4 Å². The van der Waals surface area contributed by atoms with Crippen molar-refractivity contribution < 1.29 is 4.79 Å². The average molecular weight is 411 g/mol. The molecule has 31 heavy (non-hydrogen) atoms. The van der Waals surface area contributed by atoms with Crippen molar-refractivity contribution in [3.8, 4) is 28.3 Å². The number of nitriles is 1. The molecule has 3 aromatic rings. The number of nitrogens with zero attached hydrogens (tertiary/aromatic N) is 3. The van der Waals surface area contributed by atoms with Gasteiger partial charge in [0.1, 0.15) is 5.82 Å². The highest BCUT2D eigenvalue weighted by molar-refractivity contribution is 6.03. The summed E-state index contributed by atoms with van der Waals surface area (Å²) in [6.45, 7) is 3.99. The quantitative estimate of drug-likeness (QED) is 0.650. The zero-order valence-electron chi connectivity index (χ0n) is 17.8. The summed E-state index contributed by atoms with van der Waals surface area (Å²) in [5, 5.41) is 9.03. The van der Waals surface area contributed by atoms with Crippen molar-refractivity contribution in [1.29, 1.82) is 5.26 Å². The van der Waals surface area contributed by atoms with E-state index in [1.165, 1.54) is 25.7 Å². The molecule has 0 aliphatic carbocycles. The Morgan fingerprint density at radius 1 is 0.935 bits per heavy atom. The third-order valence-electron chi connectivity index (χ3n) is 6.03. The van der Waals surface area contributed by atoms with Gasteiger partial charge < -0.3 is 10.6 Å². The van der Waals surface area contributed by atoms with Crippen molar-refractivity contribution in [2.45, 2.75) is 32.6 Å². The number of carbonyl (C=O) groups is 1. The van der Waals surface area contributed by atoms with Gasteiger partial charge in [-0.25, -0.2) is 4.98 Å². The van der Waals surface area contributed by atoms with Gasteiger partial charge in [0, 0.05) is 24.8 Å². The highest BCUT2D eigenvalue weighted by atomic mass is 16.1. The molecule has 1 aromatic heterocycles. The number of pyridine rings is 1. The lowest BCUT2D eigenvalue weighted by Crippen LogP contribution is -2.24. The molecule has 1 fully saturated rings. The summed E-state index contributed by atoms with van der Waals surface area (Å²) in [5.41, 5.74) is 11.3. The lowest BCUT2D eigenvalue weighted by Gasteiger charge is -2.21. The normalized spacial score (nSPS) is 14.0. The SMILES string of the molecule is Cc1c(-c2ccc(C#N)cc2)ccc(-c2ccc(N3CCCCCC3)nc2)c1C(N)=O. The summed E-state index contributed by atoms with van der Waals surface area (Å²) in [5.74, 6) is 0.525. The van der Waals surface area contributed by atoms with E-state index in [-0.39, 0.29) is 0 Å². The first kappa shape index (κ1) is 20.6. The number of amides is 1. The molecule has 0 saturated carbocycles. The number of benzene rings is 2. The van der Waals surface area contributed by atoms with Crippen LogP contribution in [0.2, 0.25) is 0 Å². The van der Waals surface area contributed by atoms with Gasteiger partial charge in [-0.2, -0.15) is 5.26 Å². The molecule has 1 aliphatic heterocycles. The fourth-order valence-electron chi connectivity index (χ4n) is 4.34. The van der Waals surface area contributed by atoms with Crippen molar-refractivity contribution in [3.63, 3.8) is 0 Å². The van der Waals surface area contributed by atoms with Crippen LogP contribution in [0.15, 0.2) is 54.7 Å². The van der Waals surface area contributed by atoms with Gasteiger partial charge in [0.2, 0.25) is 5.91 Å². The number of hydrogen-bond donors (Lipinski definition) is 1. The van der Waals surface area contributed by atoms with E-state index in [2.05, 4.69) is 11.0 Å². The van der Waals surface area contributed by atoms with Crippen LogP contribution < -0.4 is 10.6 Å². The first-order valence-electron chi connectivity index (χ1n) is 10.7. The summed E-state index contributed by atoms with van der Waals surface area (Å²) in [6.07, 6.45) is 6.79. The molecule has 0 spiro atoms. The lowest BCUT2D eigenvalue weighted by molar-refractivity contribution is 0.100. The summed E-state index contributed by atoms with van der Waals surface area (Å²) in [7, 11) is 0. The Morgan fingerprint density at radius 2 is 1.58 bits per heavy atom. The number of carbonyl (C=O) groups excluding carboxylic acids is 1. The van der Waals surface area contributed by atoms with E-state index in [9.17, 15) is 4.79 Å². The number of rotatable bonds is 4. The van der Waals surface area contributed by atoms with Crippen molar-refractivity contribution in [2.75, 3.05) is 18.0 Å². The molecule has 2 N–H and O–H groups in total. The lowest BCUT2D eigenvalue weighted by atomic mass is 9.90. The summed E-state index contributed by atoms with van der Waals surface area (Å²) in [4.78, 5) is 19.4. The van der Waals surface area contributed by atoms with Crippen LogP contribution in [0.5, 0.6) is 0 Å². The van der Waals surface area contributed by atoms with Gasteiger partial charge in [0.05, 0.1) is 17.2 Å². The molecule has 156 valence electrons. The summed E-state index contributed by atoms with van der Waals surface area (Å²) in [6, 6.07) is 17.5. The van der Waals surface area contributed by atoms with Crippen LogP contribution in [0.25, 0.3) is 22.3 Å². The second-order valence-corrected chi connectivity index (χ2v) is 8.02. The minimum absolute atomic E-state index is 0.459. The van der Waals surface area contributed by atoms with Crippen LogP contribution in [0.4, 0.5) is 5.82 Å². The molecule has 5 heteroatoms. The third-order valence-corrected chi connectivity index (χ3v) is 6.03. The first-order valence-corrected chi connectivity index (χ1v) is 10.7. The van der Waals surface area contributed by atoms with Crippen LogP contribution in [-0.2, 0) is 0 Å². The first-order chi connectivity index (χ1) is 15.1. The maximum atomic E-state index is 12.4. The molecule has 0 unspecified atom stereocenters. The van der Waals surface area contributed by atoms with Crippen LogP contribution in [0.1, 0.15) is 47.2 Å². The van der Waals surface area contributed by atoms with Crippen molar-refractivity contribution in [1.82, 2.24) is 4.98 Å². The highest BCUT2D eigenvalue weighted by Crippen LogP contribution is 2.33. The molecule has 1 aliphatic rings. The number of anilines is 1. The van der Waals surface area contributed by atoms with E-state index < -0.39 is 5.91 Å². The Balaban J connectivity index is 1.70. The molecule has 2 aromatic carbocycles. The Labute approximate surface area is 183 Å². The maximum absolute atomic E-state index is 12.4. The van der Waals surface area contributed by atoms with Gasteiger partial charge in [0.25, 0.3) is 0 Å².